The standard InChI is InChI=1S/C27H25FN6O7/c1-14-9-16(33-41-14)13-34(27(37)30-2)26(36)24(29)25(35)32-15-5-6-21(18(28)10-15)40-20-7-8-31-19-12-23(39-4)22(38-3)11-17(19)20/h5-12,29H,13H2,1-4H3,(H,30,37)(H,32,35). The van der Waals surface area contributed by atoms with Crippen molar-refractivity contribution in [3.8, 4) is 23.0 Å². The van der Waals surface area contributed by atoms with Crippen LogP contribution >= 0.6 is 0 Å². The third-order valence-electron chi connectivity index (χ3n) is 5.76. The largest absolute Gasteiger partial charge is 0.493 e. The number of rotatable bonds is 9. The van der Waals surface area contributed by atoms with Crippen LogP contribution in [0.15, 0.2) is 53.2 Å². The highest BCUT2D eigenvalue weighted by molar-refractivity contribution is 6.66. The summed E-state index contributed by atoms with van der Waals surface area (Å²) in [4.78, 5) is 42.6. The summed E-state index contributed by atoms with van der Waals surface area (Å²) in [5.74, 6) is -1.72. The number of carbonyl (C=O) groups is 3. The van der Waals surface area contributed by atoms with Gasteiger partial charge in [0.15, 0.2) is 28.8 Å². The number of aryl methyl sites for hydroxylation is 1. The minimum atomic E-state index is -1.19. The molecular weight excluding hydrogens is 539 g/mol. The second kappa shape index (κ2) is 12.1. The molecule has 2 aromatic heterocycles. The van der Waals surface area contributed by atoms with Gasteiger partial charge < -0.3 is 29.4 Å². The van der Waals surface area contributed by atoms with Gasteiger partial charge >= 0.3 is 6.03 Å². The van der Waals surface area contributed by atoms with Crippen LogP contribution in [-0.4, -0.2) is 59.9 Å². The van der Waals surface area contributed by atoms with Crippen molar-refractivity contribution in [2.45, 2.75) is 13.5 Å². The molecule has 0 saturated carbocycles. The first kappa shape index (κ1) is 28.5. The minimum absolute atomic E-state index is 0.0537. The van der Waals surface area contributed by atoms with Crippen LogP contribution in [0.5, 0.6) is 23.0 Å². The SMILES string of the molecule is CNC(=O)N(Cc1cc(C)on1)C(=O)C(=N)C(=O)Nc1ccc(Oc2ccnc3cc(OC)c(OC)cc23)c(F)c1. The maximum atomic E-state index is 15.0. The fourth-order valence-corrected chi connectivity index (χ4v) is 3.77. The number of aromatic nitrogens is 2. The molecule has 41 heavy (non-hydrogen) atoms. The molecule has 2 heterocycles. The van der Waals surface area contributed by atoms with Crippen LogP contribution < -0.4 is 24.8 Å². The Morgan fingerprint density at radius 2 is 1.76 bits per heavy atom. The number of nitrogens with one attached hydrogen (secondary N) is 3. The van der Waals surface area contributed by atoms with Crippen LogP contribution in [0.1, 0.15) is 11.5 Å². The summed E-state index contributed by atoms with van der Waals surface area (Å²) in [7, 11) is 4.26. The molecular formula is C27H25FN6O7. The van der Waals surface area contributed by atoms with Gasteiger partial charge in [0.1, 0.15) is 17.2 Å². The number of imide groups is 1. The topological polar surface area (TPSA) is 169 Å². The van der Waals surface area contributed by atoms with Gasteiger partial charge in [-0.05, 0) is 31.2 Å². The van der Waals surface area contributed by atoms with Crippen molar-refractivity contribution in [1.82, 2.24) is 20.4 Å². The lowest BCUT2D eigenvalue weighted by Crippen LogP contribution is -2.47. The van der Waals surface area contributed by atoms with Crippen LogP contribution in [0.4, 0.5) is 14.9 Å². The third-order valence-corrected chi connectivity index (χ3v) is 5.76. The first-order chi connectivity index (χ1) is 19.6. The maximum absolute atomic E-state index is 15.0. The number of carbonyl (C=O) groups excluding carboxylic acids is 3. The van der Waals surface area contributed by atoms with Gasteiger partial charge in [0.05, 0.1) is 26.3 Å². The molecule has 0 aliphatic rings. The van der Waals surface area contributed by atoms with Crippen LogP contribution in [0.3, 0.4) is 0 Å². The first-order valence-corrected chi connectivity index (χ1v) is 12.0. The number of fused-ring (bicyclic) bond motifs is 1. The number of methoxy groups -OCH3 is 2. The van der Waals surface area contributed by atoms with Crippen LogP contribution in [-0.2, 0) is 16.1 Å². The summed E-state index contributed by atoms with van der Waals surface area (Å²) < 4.78 is 36.3. The molecule has 4 rings (SSSR count). The van der Waals surface area contributed by atoms with Gasteiger partial charge in [0.25, 0.3) is 11.8 Å². The summed E-state index contributed by atoms with van der Waals surface area (Å²) in [5.41, 5.74) is -0.342. The van der Waals surface area contributed by atoms with Crippen molar-refractivity contribution in [2.75, 3.05) is 26.6 Å². The normalized spacial score (nSPS) is 10.6. The lowest BCUT2D eigenvalue weighted by atomic mass is 10.1. The van der Waals surface area contributed by atoms with Crippen LogP contribution in [0.25, 0.3) is 10.9 Å². The molecule has 13 nitrogen and oxygen atoms in total. The zero-order valence-corrected chi connectivity index (χ0v) is 22.4. The van der Waals surface area contributed by atoms with Crippen molar-refractivity contribution in [1.29, 1.82) is 5.41 Å². The molecule has 0 spiro atoms. The first-order valence-electron chi connectivity index (χ1n) is 12.0. The highest BCUT2D eigenvalue weighted by Gasteiger charge is 2.29. The molecule has 0 bridgehead atoms. The molecule has 0 radical (unpaired) electrons. The molecule has 0 atom stereocenters. The van der Waals surface area contributed by atoms with Crippen LogP contribution in [0, 0.1) is 18.2 Å². The lowest BCUT2D eigenvalue weighted by molar-refractivity contribution is -0.123. The van der Waals surface area contributed by atoms with E-state index in [0.29, 0.717) is 33.1 Å². The average Bonchev–Trinajstić information content (AvgIpc) is 3.39. The summed E-state index contributed by atoms with van der Waals surface area (Å²) in [6.45, 7) is 1.29. The predicted octanol–water partition coefficient (Wildman–Crippen LogP) is 3.81. The van der Waals surface area contributed by atoms with Crippen molar-refractivity contribution in [3.05, 3.63) is 65.9 Å². The molecule has 4 amide bonds. The number of benzene rings is 2. The zero-order valence-electron chi connectivity index (χ0n) is 22.4. The number of hydrogen-bond acceptors (Lipinski definition) is 10. The maximum Gasteiger partial charge on any atom is 0.324 e. The van der Waals surface area contributed by atoms with Gasteiger partial charge in [0.2, 0.25) is 0 Å². The van der Waals surface area contributed by atoms with Crippen molar-refractivity contribution in [2.24, 2.45) is 0 Å². The summed E-state index contributed by atoms with van der Waals surface area (Å²) in [5, 5.41) is 16.8. The number of amides is 4. The Labute approximate surface area is 232 Å². The molecule has 0 aliphatic carbocycles. The second-order valence-corrected chi connectivity index (χ2v) is 8.49. The highest BCUT2D eigenvalue weighted by Crippen LogP contribution is 2.37. The van der Waals surface area contributed by atoms with Gasteiger partial charge in [-0.3, -0.25) is 24.9 Å². The third kappa shape index (κ3) is 6.21. The monoisotopic (exact) mass is 564 g/mol. The van der Waals surface area contributed by atoms with Gasteiger partial charge in [-0.1, -0.05) is 5.16 Å². The number of hydrogen-bond donors (Lipinski definition) is 3. The molecule has 0 unspecified atom stereocenters. The Balaban J connectivity index is 1.49. The summed E-state index contributed by atoms with van der Waals surface area (Å²) >= 11 is 0. The van der Waals surface area contributed by atoms with E-state index >= 15 is 4.39 Å². The van der Waals surface area contributed by atoms with Crippen molar-refractivity contribution in [3.63, 3.8) is 0 Å². The van der Waals surface area contributed by atoms with E-state index in [2.05, 4.69) is 20.8 Å². The minimum Gasteiger partial charge on any atom is -0.493 e. The van der Waals surface area contributed by atoms with E-state index in [1.54, 1.807) is 25.1 Å². The molecule has 212 valence electrons. The number of urea groups is 1. The van der Waals surface area contributed by atoms with E-state index in [4.69, 9.17) is 24.1 Å². The van der Waals surface area contributed by atoms with E-state index in [-0.39, 0.29) is 29.4 Å². The summed E-state index contributed by atoms with van der Waals surface area (Å²) in [6, 6.07) is 9.06. The zero-order chi connectivity index (χ0) is 29.7. The van der Waals surface area contributed by atoms with Crippen molar-refractivity contribution < 1.29 is 37.5 Å². The Kier molecular flexibility index (Phi) is 8.41. The Morgan fingerprint density at radius 1 is 1.02 bits per heavy atom. The van der Waals surface area contributed by atoms with E-state index in [1.165, 1.54) is 45.7 Å². The highest BCUT2D eigenvalue weighted by atomic mass is 19.1. The molecule has 14 heteroatoms. The van der Waals surface area contributed by atoms with Gasteiger partial charge in [-0.25, -0.2) is 9.18 Å². The molecule has 0 aliphatic heterocycles. The molecule has 4 aromatic rings. The predicted molar refractivity (Wildman–Crippen MR) is 144 cm³/mol. The van der Waals surface area contributed by atoms with E-state index in [1.807, 2.05) is 0 Å². The molecule has 3 N–H and O–H groups in total. The van der Waals surface area contributed by atoms with E-state index in [9.17, 15) is 14.4 Å². The van der Waals surface area contributed by atoms with Gasteiger partial charge in [-0.15, -0.1) is 0 Å². The smallest absolute Gasteiger partial charge is 0.324 e. The lowest BCUT2D eigenvalue weighted by Gasteiger charge is -2.19. The number of halogens is 1. The summed E-state index contributed by atoms with van der Waals surface area (Å²) in [6.07, 6.45) is 1.49. The van der Waals surface area contributed by atoms with Crippen molar-refractivity contribution >= 4 is 40.1 Å². The number of nitrogens with zero attached hydrogens (tertiary/aromatic N) is 3. The van der Waals surface area contributed by atoms with E-state index < -0.39 is 29.4 Å². The van der Waals surface area contributed by atoms with Gasteiger partial charge in [0, 0.05) is 42.5 Å². The Bertz CT molecular complexity index is 1650. The van der Waals surface area contributed by atoms with E-state index in [0.717, 1.165) is 6.07 Å². The second-order valence-electron chi connectivity index (χ2n) is 8.49. The van der Waals surface area contributed by atoms with Gasteiger partial charge in [-0.2, -0.15) is 0 Å². The molecule has 0 saturated heterocycles. The molecule has 2 aromatic carbocycles. The number of anilines is 1. The number of ether oxygens (including phenoxy) is 3. The van der Waals surface area contributed by atoms with Crippen LogP contribution in [0.2, 0.25) is 0 Å². The average molecular weight is 565 g/mol. The fraction of sp³-hybridized carbons (Fsp3) is 0.185. The molecule has 0 fully saturated rings. The Hall–Kier alpha value is -5.53. The number of pyridine rings is 1. The quantitative estimate of drug-likeness (QED) is 0.202. The fourth-order valence-electron chi connectivity index (χ4n) is 3.77. The Morgan fingerprint density at radius 3 is 2.39 bits per heavy atom.